The molecule has 14 heavy (non-hydrogen) atoms. The van der Waals surface area contributed by atoms with Gasteiger partial charge < -0.3 is 5.73 Å². The minimum absolute atomic E-state index is 0.325. The van der Waals surface area contributed by atoms with E-state index in [1.807, 2.05) is 25.1 Å². The number of hydrogen-bond acceptors (Lipinski definition) is 3. The van der Waals surface area contributed by atoms with Crippen molar-refractivity contribution in [2.75, 3.05) is 5.73 Å². The molecule has 0 radical (unpaired) electrons. The molecule has 0 aliphatic carbocycles. The molecule has 72 valence electrons. The van der Waals surface area contributed by atoms with Crippen molar-refractivity contribution < 1.29 is 0 Å². The fraction of sp³-hybridized carbons (Fsp3) is 0.200. The van der Waals surface area contributed by atoms with Crippen LogP contribution in [0.3, 0.4) is 0 Å². The van der Waals surface area contributed by atoms with Gasteiger partial charge in [-0.15, -0.1) is 11.6 Å². The number of halogens is 1. The van der Waals surface area contributed by atoms with Crippen molar-refractivity contribution in [3.05, 3.63) is 29.7 Å². The highest BCUT2D eigenvalue weighted by molar-refractivity contribution is 6.16. The van der Waals surface area contributed by atoms with Crippen LogP contribution >= 0.6 is 11.6 Å². The number of aromatic nitrogens is 2. The lowest BCUT2D eigenvalue weighted by atomic mass is 10.1. The average Bonchev–Trinajstić information content (AvgIpc) is 2.17. The molecule has 0 unspecified atom stereocenters. The van der Waals surface area contributed by atoms with Crippen LogP contribution in [0.25, 0.3) is 10.9 Å². The molecule has 0 amide bonds. The highest BCUT2D eigenvalue weighted by Gasteiger charge is 2.05. The van der Waals surface area contributed by atoms with E-state index >= 15 is 0 Å². The summed E-state index contributed by atoms with van der Waals surface area (Å²) in [5.41, 5.74) is 8.28. The Morgan fingerprint density at radius 3 is 2.86 bits per heavy atom. The molecule has 4 heteroatoms. The first kappa shape index (κ1) is 9.21. The molecule has 1 heterocycles. The summed E-state index contributed by atoms with van der Waals surface area (Å²) in [4.78, 5) is 8.55. The van der Waals surface area contributed by atoms with Crippen LogP contribution < -0.4 is 5.73 Å². The number of fused-ring (bicyclic) bond motifs is 1. The van der Waals surface area contributed by atoms with Crippen molar-refractivity contribution >= 4 is 28.2 Å². The van der Waals surface area contributed by atoms with Crippen molar-refractivity contribution in [1.82, 2.24) is 9.97 Å². The predicted molar refractivity (Wildman–Crippen MR) is 58.2 cm³/mol. The molecule has 0 aliphatic heterocycles. The monoisotopic (exact) mass is 207 g/mol. The van der Waals surface area contributed by atoms with Crippen LogP contribution in [0, 0.1) is 6.92 Å². The summed E-state index contributed by atoms with van der Waals surface area (Å²) < 4.78 is 0. The van der Waals surface area contributed by atoms with Gasteiger partial charge in [-0.3, -0.25) is 0 Å². The van der Waals surface area contributed by atoms with Gasteiger partial charge in [-0.05, 0) is 19.1 Å². The van der Waals surface area contributed by atoms with Crippen molar-refractivity contribution in [2.45, 2.75) is 12.8 Å². The Hall–Kier alpha value is -1.35. The van der Waals surface area contributed by atoms with E-state index in [1.165, 1.54) is 0 Å². The van der Waals surface area contributed by atoms with E-state index in [1.54, 1.807) is 0 Å². The van der Waals surface area contributed by atoms with Crippen LogP contribution in [0.2, 0.25) is 0 Å². The summed E-state index contributed by atoms with van der Waals surface area (Å²) in [5, 5.41) is 0.918. The number of nitrogen functional groups attached to an aromatic ring is 1. The zero-order valence-corrected chi connectivity index (χ0v) is 8.54. The highest BCUT2D eigenvalue weighted by Crippen LogP contribution is 2.21. The number of benzene rings is 1. The van der Waals surface area contributed by atoms with Gasteiger partial charge in [0.05, 0.1) is 17.1 Å². The van der Waals surface area contributed by atoms with Crippen LogP contribution in [0.5, 0.6) is 0 Å². The van der Waals surface area contributed by atoms with Crippen LogP contribution in [0.1, 0.15) is 11.5 Å². The minimum Gasteiger partial charge on any atom is -0.398 e. The summed E-state index contributed by atoms with van der Waals surface area (Å²) in [5.74, 6) is 0.966. The standard InChI is InChI=1S/C10H10ClN3/c1-6-10-7(12)3-2-4-8(10)14-9(5-11)13-6/h2-4H,5,12H2,1H3. The van der Waals surface area contributed by atoms with Crippen molar-refractivity contribution in [1.29, 1.82) is 0 Å². The van der Waals surface area contributed by atoms with Crippen LogP contribution in [0.15, 0.2) is 18.2 Å². The Kier molecular flexibility index (Phi) is 2.25. The van der Waals surface area contributed by atoms with Crippen molar-refractivity contribution in [3.8, 4) is 0 Å². The van der Waals surface area contributed by atoms with Gasteiger partial charge in [-0.1, -0.05) is 6.07 Å². The largest absolute Gasteiger partial charge is 0.398 e. The summed E-state index contributed by atoms with van der Waals surface area (Å²) in [6.45, 7) is 1.91. The molecule has 1 aromatic carbocycles. The molecule has 0 saturated carbocycles. The molecular weight excluding hydrogens is 198 g/mol. The number of aryl methyl sites for hydroxylation is 1. The molecule has 2 rings (SSSR count). The maximum absolute atomic E-state index is 5.84. The van der Waals surface area contributed by atoms with Gasteiger partial charge in [0.1, 0.15) is 5.82 Å². The van der Waals surface area contributed by atoms with Gasteiger partial charge in [0.25, 0.3) is 0 Å². The third-order valence-corrected chi connectivity index (χ3v) is 2.34. The maximum Gasteiger partial charge on any atom is 0.144 e. The zero-order valence-electron chi connectivity index (χ0n) is 7.79. The molecule has 0 saturated heterocycles. The molecular formula is C10H10ClN3. The molecule has 0 atom stereocenters. The van der Waals surface area contributed by atoms with Gasteiger partial charge in [0.15, 0.2) is 0 Å². The van der Waals surface area contributed by atoms with Gasteiger partial charge in [-0.25, -0.2) is 9.97 Å². The van der Waals surface area contributed by atoms with E-state index in [0.29, 0.717) is 17.4 Å². The van der Waals surface area contributed by atoms with Gasteiger partial charge in [0, 0.05) is 11.1 Å². The number of alkyl halides is 1. The van der Waals surface area contributed by atoms with E-state index < -0.39 is 0 Å². The van der Waals surface area contributed by atoms with Gasteiger partial charge >= 0.3 is 0 Å². The second kappa shape index (κ2) is 3.42. The molecule has 0 aliphatic rings. The quantitative estimate of drug-likeness (QED) is 0.577. The number of nitrogens with zero attached hydrogens (tertiary/aromatic N) is 2. The Morgan fingerprint density at radius 2 is 2.14 bits per heavy atom. The summed E-state index contributed by atoms with van der Waals surface area (Å²) in [6, 6.07) is 5.64. The minimum atomic E-state index is 0.325. The van der Waals surface area contributed by atoms with Crippen LogP contribution in [0.4, 0.5) is 5.69 Å². The normalized spacial score (nSPS) is 10.7. The number of hydrogen-bond donors (Lipinski definition) is 1. The number of rotatable bonds is 1. The van der Waals surface area contributed by atoms with Crippen molar-refractivity contribution in [2.24, 2.45) is 0 Å². The fourth-order valence-electron chi connectivity index (χ4n) is 1.52. The maximum atomic E-state index is 5.84. The molecule has 0 fully saturated rings. The Labute approximate surface area is 86.9 Å². The molecule has 0 spiro atoms. The van der Waals surface area contributed by atoms with Crippen LogP contribution in [-0.2, 0) is 5.88 Å². The Balaban J connectivity index is 2.83. The average molecular weight is 208 g/mol. The summed E-state index contributed by atoms with van der Waals surface area (Å²) in [7, 11) is 0. The second-order valence-electron chi connectivity index (χ2n) is 3.10. The molecule has 1 aromatic heterocycles. The van der Waals surface area contributed by atoms with Gasteiger partial charge in [-0.2, -0.15) is 0 Å². The van der Waals surface area contributed by atoms with E-state index in [-0.39, 0.29) is 0 Å². The second-order valence-corrected chi connectivity index (χ2v) is 3.37. The SMILES string of the molecule is Cc1nc(CCl)nc2cccc(N)c12. The lowest BCUT2D eigenvalue weighted by Gasteiger charge is -2.05. The molecule has 2 N–H and O–H groups in total. The van der Waals surface area contributed by atoms with E-state index in [9.17, 15) is 0 Å². The van der Waals surface area contributed by atoms with E-state index in [0.717, 1.165) is 16.6 Å². The summed E-state index contributed by atoms with van der Waals surface area (Å²) in [6.07, 6.45) is 0. The first-order valence-electron chi connectivity index (χ1n) is 4.30. The smallest absolute Gasteiger partial charge is 0.144 e. The third-order valence-electron chi connectivity index (χ3n) is 2.10. The van der Waals surface area contributed by atoms with E-state index in [2.05, 4.69) is 9.97 Å². The van der Waals surface area contributed by atoms with Gasteiger partial charge in [0.2, 0.25) is 0 Å². The Bertz CT molecular complexity index is 482. The zero-order chi connectivity index (χ0) is 10.1. The highest BCUT2D eigenvalue weighted by atomic mass is 35.5. The lowest BCUT2D eigenvalue weighted by Crippen LogP contribution is -1.98. The topological polar surface area (TPSA) is 51.8 Å². The fourth-order valence-corrected chi connectivity index (χ4v) is 1.64. The van der Waals surface area contributed by atoms with E-state index in [4.69, 9.17) is 17.3 Å². The number of anilines is 1. The Morgan fingerprint density at radius 1 is 1.36 bits per heavy atom. The summed E-state index contributed by atoms with van der Waals surface area (Å²) >= 11 is 5.68. The van der Waals surface area contributed by atoms with Crippen molar-refractivity contribution in [3.63, 3.8) is 0 Å². The number of nitrogens with two attached hydrogens (primary N) is 1. The first-order valence-corrected chi connectivity index (χ1v) is 4.83. The first-order chi connectivity index (χ1) is 6.72. The molecule has 3 nitrogen and oxygen atoms in total. The predicted octanol–water partition coefficient (Wildman–Crippen LogP) is 2.26. The molecule has 2 aromatic rings. The lowest BCUT2D eigenvalue weighted by molar-refractivity contribution is 1.03. The van der Waals surface area contributed by atoms with Crippen LogP contribution in [-0.4, -0.2) is 9.97 Å². The third kappa shape index (κ3) is 1.40. The molecule has 0 bridgehead atoms.